The molecule has 1 aromatic heterocycles. The molecule has 8 heteroatoms. The fraction of sp³-hybridized carbons (Fsp3) is 0.111. The lowest BCUT2D eigenvalue weighted by atomic mass is 10.1. The lowest BCUT2D eigenvalue weighted by Gasteiger charge is -2.08. The number of rotatable bonds is 6. The summed E-state index contributed by atoms with van der Waals surface area (Å²) in [6.45, 7) is 0.234. The van der Waals surface area contributed by atoms with Crippen LogP contribution in [0, 0.1) is 10.1 Å². The van der Waals surface area contributed by atoms with Crippen molar-refractivity contribution < 1.29 is 14.5 Å². The number of aromatic nitrogens is 2. The zero-order chi connectivity index (χ0) is 18.5. The number of para-hydroxylation sites is 1. The quantitative estimate of drug-likeness (QED) is 0.543. The van der Waals surface area contributed by atoms with Crippen molar-refractivity contribution in [3.8, 4) is 11.4 Å². The van der Waals surface area contributed by atoms with E-state index >= 15 is 0 Å². The Morgan fingerprint density at radius 3 is 2.73 bits per heavy atom. The third kappa shape index (κ3) is 3.69. The van der Waals surface area contributed by atoms with E-state index in [2.05, 4.69) is 10.4 Å². The number of carbonyl (C=O) groups is 1. The first-order chi connectivity index (χ1) is 12.6. The van der Waals surface area contributed by atoms with E-state index in [0.29, 0.717) is 0 Å². The van der Waals surface area contributed by atoms with Crippen LogP contribution in [0.2, 0.25) is 0 Å². The van der Waals surface area contributed by atoms with Gasteiger partial charge in [0.1, 0.15) is 5.75 Å². The first-order valence-corrected chi connectivity index (χ1v) is 7.78. The molecule has 0 saturated heterocycles. The molecule has 0 aliphatic heterocycles. The zero-order valence-electron chi connectivity index (χ0n) is 14.0. The molecule has 0 saturated carbocycles. The van der Waals surface area contributed by atoms with Crippen molar-refractivity contribution in [2.75, 3.05) is 7.11 Å². The first kappa shape index (κ1) is 17.2. The minimum Gasteiger partial charge on any atom is -0.496 e. The highest BCUT2D eigenvalue weighted by molar-refractivity contribution is 5.97. The number of nitro benzene ring substituents is 1. The van der Waals surface area contributed by atoms with Crippen molar-refractivity contribution in [2.45, 2.75) is 6.54 Å². The fourth-order valence-corrected chi connectivity index (χ4v) is 2.44. The second kappa shape index (κ2) is 7.47. The van der Waals surface area contributed by atoms with Crippen molar-refractivity contribution >= 4 is 11.6 Å². The molecule has 1 N–H and O–H groups in total. The van der Waals surface area contributed by atoms with Crippen LogP contribution in [0.3, 0.4) is 0 Å². The molecule has 1 amide bonds. The van der Waals surface area contributed by atoms with Gasteiger partial charge in [-0.1, -0.05) is 18.2 Å². The number of amides is 1. The number of nitro groups is 1. The van der Waals surface area contributed by atoms with Gasteiger partial charge in [-0.25, -0.2) is 4.68 Å². The van der Waals surface area contributed by atoms with Crippen LogP contribution < -0.4 is 10.1 Å². The van der Waals surface area contributed by atoms with E-state index in [-0.39, 0.29) is 23.5 Å². The Morgan fingerprint density at radius 2 is 2.04 bits per heavy atom. The van der Waals surface area contributed by atoms with E-state index in [1.807, 2.05) is 30.3 Å². The summed E-state index contributed by atoms with van der Waals surface area (Å²) in [5, 5.41) is 17.9. The van der Waals surface area contributed by atoms with Crippen molar-refractivity contribution in [3.05, 3.63) is 82.2 Å². The van der Waals surface area contributed by atoms with Gasteiger partial charge in [0.2, 0.25) is 0 Å². The summed E-state index contributed by atoms with van der Waals surface area (Å²) in [5.41, 5.74) is 1.64. The Hall–Kier alpha value is -3.68. The largest absolute Gasteiger partial charge is 0.496 e. The number of methoxy groups -OCH3 is 1. The predicted molar refractivity (Wildman–Crippen MR) is 94.4 cm³/mol. The molecule has 0 aliphatic carbocycles. The second-order valence-electron chi connectivity index (χ2n) is 5.45. The van der Waals surface area contributed by atoms with Gasteiger partial charge in [-0.05, 0) is 18.2 Å². The third-order valence-electron chi connectivity index (χ3n) is 3.75. The van der Waals surface area contributed by atoms with Crippen LogP contribution in [0.5, 0.6) is 5.75 Å². The highest BCUT2D eigenvalue weighted by Gasteiger charge is 2.17. The lowest BCUT2D eigenvalue weighted by Crippen LogP contribution is -2.23. The molecule has 0 aliphatic rings. The van der Waals surface area contributed by atoms with Gasteiger partial charge in [0.15, 0.2) is 0 Å². The van der Waals surface area contributed by atoms with Crippen LogP contribution in [-0.4, -0.2) is 27.7 Å². The van der Waals surface area contributed by atoms with Gasteiger partial charge in [-0.2, -0.15) is 5.10 Å². The van der Waals surface area contributed by atoms with Crippen LogP contribution >= 0.6 is 0 Å². The lowest BCUT2D eigenvalue weighted by molar-refractivity contribution is -0.384. The molecule has 3 rings (SSSR count). The predicted octanol–water partition coefficient (Wildman–Crippen LogP) is 2.72. The summed E-state index contributed by atoms with van der Waals surface area (Å²) in [5.74, 6) is -0.189. The summed E-state index contributed by atoms with van der Waals surface area (Å²) in [6.07, 6.45) is 3.46. The van der Waals surface area contributed by atoms with E-state index in [1.165, 1.54) is 25.3 Å². The van der Waals surface area contributed by atoms with Crippen LogP contribution in [0.15, 0.2) is 60.9 Å². The van der Waals surface area contributed by atoms with Gasteiger partial charge in [0.25, 0.3) is 11.6 Å². The Bertz CT molecular complexity index is 937. The van der Waals surface area contributed by atoms with Crippen molar-refractivity contribution in [2.24, 2.45) is 0 Å². The molecule has 0 radical (unpaired) electrons. The average molecular weight is 352 g/mol. The number of nitrogens with one attached hydrogen (secondary N) is 1. The number of benzene rings is 2. The van der Waals surface area contributed by atoms with Crippen molar-refractivity contribution in [1.29, 1.82) is 0 Å². The van der Waals surface area contributed by atoms with Crippen LogP contribution in [0.4, 0.5) is 5.69 Å². The van der Waals surface area contributed by atoms with Gasteiger partial charge < -0.3 is 10.1 Å². The van der Waals surface area contributed by atoms with Gasteiger partial charge in [0.05, 0.1) is 29.5 Å². The maximum Gasteiger partial charge on any atom is 0.270 e. The van der Waals surface area contributed by atoms with Gasteiger partial charge >= 0.3 is 0 Å². The molecule has 0 atom stereocenters. The normalized spacial score (nSPS) is 10.3. The molecule has 26 heavy (non-hydrogen) atoms. The van der Waals surface area contributed by atoms with Crippen molar-refractivity contribution in [1.82, 2.24) is 15.1 Å². The monoisotopic (exact) mass is 352 g/mol. The average Bonchev–Trinajstić information content (AvgIpc) is 3.15. The van der Waals surface area contributed by atoms with E-state index in [1.54, 1.807) is 17.1 Å². The Labute approximate surface area is 149 Å². The second-order valence-corrected chi connectivity index (χ2v) is 5.45. The van der Waals surface area contributed by atoms with Crippen molar-refractivity contribution in [3.63, 3.8) is 0 Å². The van der Waals surface area contributed by atoms with Crippen LogP contribution in [0.25, 0.3) is 5.69 Å². The minimum atomic E-state index is -0.555. The Balaban J connectivity index is 1.72. The third-order valence-corrected chi connectivity index (χ3v) is 3.75. The van der Waals surface area contributed by atoms with E-state index in [4.69, 9.17) is 4.74 Å². The molecule has 2 aromatic carbocycles. The molecule has 3 aromatic rings. The van der Waals surface area contributed by atoms with Crippen LogP contribution in [-0.2, 0) is 6.54 Å². The minimum absolute atomic E-state index is 0.108. The number of ether oxygens (including phenoxy) is 1. The van der Waals surface area contributed by atoms with E-state index in [9.17, 15) is 14.9 Å². The molecule has 0 fully saturated rings. The SMILES string of the molecule is COc1ccc([N+](=O)[O-])cc1C(=O)NCc1cnn(-c2ccccc2)c1. The van der Waals surface area contributed by atoms with Crippen LogP contribution in [0.1, 0.15) is 15.9 Å². The standard InChI is InChI=1S/C18H16N4O4/c1-26-17-8-7-15(22(24)25)9-16(17)18(23)19-10-13-11-20-21(12-13)14-5-3-2-4-6-14/h2-9,11-12H,10H2,1H3,(H,19,23). The molecule has 0 spiro atoms. The number of hydrogen-bond acceptors (Lipinski definition) is 5. The number of non-ortho nitro benzene ring substituents is 1. The zero-order valence-corrected chi connectivity index (χ0v) is 14.0. The highest BCUT2D eigenvalue weighted by Crippen LogP contribution is 2.24. The summed E-state index contributed by atoms with van der Waals surface area (Å²) >= 11 is 0. The van der Waals surface area contributed by atoms with E-state index < -0.39 is 10.8 Å². The summed E-state index contributed by atoms with van der Waals surface area (Å²) in [4.78, 5) is 22.8. The van der Waals surface area contributed by atoms with Gasteiger partial charge in [-0.3, -0.25) is 14.9 Å². The smallest absolute Gasteiger partial charge is 0.270 e. The maximum absolute atomic E-state index is 12.4. The van der Waals surface area contributed by atoms with Gasteiger partial charge in [-0.15, -0.1) is 0 Å². The number of carbonyl (C=O) groups excluding carboxylic acids is 1. The summed E-state index contributed by atoms with van der Waals surface area (Å²) < 4.78 is 6.82. The maximum atomic E-state index is 12.4. The molecule has 132 valence electrons. The molecule has 0 unspecified atom stereocenters. The molecular weight excluding hydrogens is 336 g/mol. The van der Waals surface area contributed by atoms with Gasteiger partial charge in [0, 0.05) is 30.4 Å². The molecular formula is C18H16N4O4. The number of hydrogen-bond donors (Lipinski definition) is 1. The molecule has 0 bridgehead atoms. The summed E-state index contributed by atoms with van der Waals surface area (Å²) in [7, 11) is 1.40. The fourth-order valence-electron chi connectivity index (χ4n) is 2.44. The van der Waals surface area contributed by atoms with E-state index in [0.717, 1.165) is 11.3 Å². The first-order valence-electron chi connectivity index (χ1n) is 7.78. The Morgan fingerprint density at radius 1 is 1.27 bits per heavy atom. The topological polar surface area (TPSA) is 99.3 Å². The summed E-state index contributed by atoms with van der Waals surface area (Å²) in [6, 6.07) is 13.5. The highest BCUT2D eigenvalue weighted by atomic mass is 16.6. The number of nitrogens with zero attached hydrogens (tertiary/aromatic N) is 3. The molecule has 8 nitrogen and oxygen atoms in total. The molecule has 1 heterocycles. The Kier molecular flexibility index (Phi) is 4.93.